The predicted octanol–water partition coefficient (Wildman–Crippen LogP) is 4.06. The van der Waals surface area contributed by atoms with Crippen molar-refractivity contribution in [2.24, 2.45) is 0 Å². The van der Waals surface area contributed by atoms with E-state index < -0.39 is 47.3 Å². The van der Waals surface area contributed by atoms with Crippen LogP contribution in [-0.4, -0.2) is 37.9 Å². The summed E-state index contributed by atoms with van der Waals surface area (Å²) in [5.74, 6) is -3.44. The van der Waals surface area contributed by atoms with E-state index in [0.29, 0.717) is 23.7 Å². The quantitative estimate of drug-likeness (QED) is 0.277. The summed E-state index contributed by atoms with van der Waals surface area (Å²) in [7, 11) is 0. The number of aromatic nitrogens is 3. The van der Waals surface area contributed by atoms with Crippen molar-refractivity contribution in [3.8, 4) is 5.69 Å². The molecule has 0 bridgehead atoms. The molecule has 5 rings (SSSR count). The lowest BCUT2D eigenvalue weighted by molar-refractivity contribution is -0.200. The minimum Gasteiger partial charge on any atom is -0.391 e. The number of aliphatic hydroxyl groups excluding tert-OH is 1. The van der Waals surface area contributed by atoms with E-state index in [9.17, 15) is 41.0 Å². The van der Waals surface area contributed by atoms with Gasteiger partial charge >= 0.3 is 24.0 Å². The summed E-state index contributed by atoms with van der Waals surface area (Å²) in [6, 6.07) is 17.0. The number of carbonyl (C=O) groups is 1. The van der Waals surface area contributed by atoms with Crippen LogP contribution in [0.3, 0.4) is 0 Å². The molecular weight excluding hydrogens is 572 g/mol. The van der Waals surface area contributed by atoms with E-state index in [2.05, 4.69) is 20.6 Å². The van der Waals surface area contributed by atoms with E-state index in [1.807, 2.05) is 24.3 Å². The van der Waals surface area contributed by atoms with Gasteiger partial charge in [0.05, 0.1) is 23.4 Å². The Hall–Kier alpha value is -4.63. The topological polar surface area (TPSA) is 110 Å². The molecule has 1 heterocycles. The van der Waals surface area contributed by atoms with Gasteiger partial charge in [0.1, 0.15) is 0 Å². The Labute approximate surface area is 232 Å². The van der Waals surface area contributed by atoms with Crippen LogP contribution in [0.4, 0.5) is 38.0 Å². The molecule has 15 heteroatoms. The minimum absolute atomic E-state index is 0.0928. The number of carbonyl (C=O) groups excluding carboxylic acids is 1. The molecule has 4 aromatic rings. The number of nitrogens with one attached hydrogen (secondary N) is 2. The fraction of sp³-hybridized carbons (Fsp3) is 0.222. The molecule has 0 saturated carbocycles. The highest BCUT2D eigenvalue weighted by Gasteiger charge is 2.43. The number of alkyl halides is 6. The van der Waals surface area contributed by atoms with Crippen LogP contribution in [-0.2, 0) is 23.9 Å². The van der Waals surface area contributed by atoms with E-state index >= 15 is 0 Å². The summed E-state index contributed by atoms with van der Waals surface area (Å²) in [6.07, 6.45) is -10.3. The van der Waals surface area contributed by atoms with Crippen LogP contribution in [0, 0.1) is 0 Å². The highest BCUT2D eigenvalue weighted by atomic mass is 19.4. The van der Waals surface area contributed by atoms with Gasteiger partial charge in [-0.1, -0.05) is 47.2 Å². The summed E-state index contributed by atoms with van der Waals surface area (Å²) >= 11 is 0. The number of nitrogens with zero attached hydrogens (tertiary/aromatic N) is 3. The van der Waals surface area contributed by atoms with Gasteiger partial charge in [-0.05, 0) is 47.0 Å². The zero-order valence-corrected chi connectivity index (χ0v) is 21.3. The van der Waals surface area contributed by atoms with Crippen molar-refractivity contribution in [3.63, 3.8) is 0 Å². The maximum atomic E-state index is 13.2. The van der Waals surface area contributed by atoms with E-state index in [-0.39, 0.29) is 16.5 Å². The van der Waals surface area contributed by atoms with Gasteiger partial charge in [0.2, 0.25) is 0 Å². The van der Waals surface area contributed by atoms with Crippen molar-refractivity contribution >= 4 is 17.6 Å². The second kappa shape index (κ2) is 11.0. The molecule has 3 N–H and O–H groups in total. The molecular formula is C27H21F6N5O4. The third-order valence-electron chi connectivity index (χ3n) is 6.51. The zero-order valence-electron chi connectivity index (χ0n) is 21.3. The van der Waals surface area contributed by atoms with Crippen molar-refractivity contribution in [1.29, 1.82) is 0 Å². The second-order valence-corrected chi connectivity index (χ2v) is 9.39. The number of anilines is 2. The number of benzene rings is 3. The lowest BCUT2D eigenvalue weighted by atomic mass is 10.1. The van der Waals surface area contributed by atoms with E-state index in [0.717, 1.165) is 34.9 Å². The lowest BCUT2D eigenvalue weighted by Crippen LogP contribution is -2.39. The van der Waals surface area contributed by atoms with Gasteiger partial charge < -0.3 is 20.6 Å². The number of halogens is 6. The average molecular weight is 593 g/mol. The van der Waals surface area contributed by atoms with Crippen LogP contribution in [0.1, 0.15) is 28.3 Å². The van der Waals surface area contributed by atoms with Gasteiger partial charge in [-0.25, -0.2) is 9.59 Å². The highest BCUT2D eigenvalue weighted by Crippen LogP contribution is 2.32. The first-order chi connectivity index (χ1) is 19.8. The Morgan fingerprint density at radius 1 is 1.00 bits per heavy atom. The molecule has 42 heavy (non-hydrogen) atoms. The molecule has 0 aliphatic heterocycles. The summed E-state index contributed by atoms with van der Waals surface area (Å²) in [5.41, 5.74) is -0.0265. The molecule has 1 aromatic heterocycles. The number of aliphatic hydroxyl groups is 1. The van der Waals surface area contributed by atoms with E-state index in [1.165, 1.54) is 12.1 Å². The number of rotatable bonds is 7. The molecule has 1 aliphatic rings. The van der Waals surface area contributed by atoms with E-state index in [1.54, 1.807) is 12.1 Å². The van der Waals surface area contributed by atoms with Crippen LogP contribution in [0.2, 0.25) is 0 Å². The molecule has 9 nitrogen and oxygen atoms in total. The van der Waals surface area contributed by atoms with Gasteiger partial charge in [0, 0.05) is 18.7 Å². The molecule has 0 saturated heterocycles. The highest BCUT2D eigenvalue weighted by molar-refractivity contribution is 5.76. The monoisotopic (exact) mass is 593 g/mol. The Kier molecular flexibility index (Phi) is 7.55. The molecule has 0 spiro atoms. The second-order valence-electron chi connectivity index (χ2n) is 9.39. The Balaban J connectivity index is 1.38. The maximum absolute atomic E-state index is 13.2. The van der Waals surface area contributed by atoms with Crippen molar-refractivity contribution < 1.29 is 41.1 Å². The zero-order chi connectivity index (χ0) is 30.2. The van der Waals surface area contributed by atoms with Crippen molar-refractivity contribution in [3.05, 3.63) is 106 Å². The minimum atomic E-state index is -5.48. The average Bonchev–Trinajstić information content (AvgIpc) is 3.42. The van der Waals surface area contributed by atoms with Gasteiger partial charge in [0.15, 0.2) is 0 Å². The first-order valence-corrected chi connectivity index (χ1v) is 12.4. The third-order valence-corrected chi connectivity index (χ3v) is 6.51. The molecule has 0 fully saturated rings. The number of fused-ring (bicyclic) bond motifs is 1. The largest absolute Gasteiger partial charge is 0.493 e. The Morgan fingerprint density at radius 3 is 2.40 bits per heavy atom. The number of hydrogen-bond donors (Lipinski definition) is 3. The molecule has 0 unspecified atom stereocenters. The van der Waals surface area contributed by atoms with Gasteiger partial charge in [-0.15, -0.1) is 5.10 Å². The maximum Gasteiger partial charge on any atom is 0.493 e. The Morgan fingerprint density at radius 2 is 1.71 bits per heavy atom. The first kappa shape index (κ1) is 28.9. The van der Waals surface area contributed by atoms with Crippen molar-refractivity contribution in [1.82, 2.24) is 19.8 Å². The fourth-order valence-electron chi connectivity index (χ4n) is 4.51. The predicted molar refractivity (Wildman–Crippen MR) is 136 cm³/mol. The lowest BCUT2D eigenvalue weighted by Gasteiger charge is -2.18. The summed E-state index contributed by atoms with van der Waals surface area (Å²) in [4.78, 5) is 28.6. The SMILES string of the molecule is O=C(On1c(Nc2ccc(CN[C@@H]3c4ccccc4C[C@@H]3O)cc2)nn(-c2cccc(C(F)(F)F)c2)c1=O)C(F)(F)F. The molecule has 1 aliphatic carbocycles. The molecule has 0 radical (unpaired) electrons. The van der Waals surface area contributed by atoms with Crippen LogP contribution < -0.4 is 21.2 Å². The standard InChI is InChI=1S/C27H21F6N5O4/c28-26(29,30)17-5-3-6-19(13-17)37-25(41)38(42-23(40)27(31,32)33)24(36-37)35-18-10-8-15(9-11-18)14-34-22-20-7-2-1-4-16(20)12-21(22)39/h1-11,13,21-22,34,39H,12,14H2,(H,35,36)/t21-,22+/m0/s1. The Bertz CT molecular complexity index is 1660. The number of hydrogen-bond acceptors (Lipinski definition) is 7. The normalized spacial score (nSPS) is 16.7. The first-order valence-electron chi connectivity index (χ1n) is 12.4. The summed E-state index contributed by atoms with van der Waals surface area (Å²) in [6.45, 7) is 0.356. The smallest absolute Gasteiger partial charge is 0.391 e. The van der Waals surface area contributed by atoms with Crippen molar-refractivity contribution in [2.75, 3.05) is 5.32 Å². The van der Waals surface area contributed by atoms with Crippen LogP contribution in [0.15, 0.2) is 77.6 Å². The summed E-state index contributed by atoms with van der Waals surface area (Å²) < 4.78 is 78.5. The van der Waals surface area contributed by atoms with Gasteiger partial charge in [-0.3, -0.25) is 0 Å². The van der Waals surface area contributed by atoms with Crippen LogP contribution in [0.25, 0.3) is 5.69 Å². The molecule has 3 aromatic carbocycles. The molecule has 2 atom stereocenters. The fourth-order valence-corrected chi connectivity index (χ4v) is 4.51. The van der Waals surface area contributed by atoms with Crippen LogP contribution in [0.5, 0.6) is 0 Å². The molecule has 220 valence electrons. The third kappa shape index (κ3) is 6.01. The van der Waals surface area contributed by atoms with Crippen molar-refractivity contribution in [2.45, 2.75) is 37.5 Å². The molecule has 0 amide bonds. The van der Waals surface area contributed by atoms with Gasteiger partial charge in [0.25, 0.3) is 5.95 Å². The summed E-state index contributed by atoms with van der Waals surface area (Å²) in [5, 5.41) is 20.0. The van der Waals surface area contributed by atoms with Crippen LogP contribution >= 0.6 is 0 Å². The van der Waals surface area contributed by atoms with E-state index in [4.69, 9.17) is 0 Å². The van der Waals surface area contributed by atoms with Gasteiger partial charge in [-0.2, -0.15) is 31.0 Å².